The van der Waals surface area contributed by atoms with Gasteiger partial charge in [-0.2, -0.15) is 60.5 Å². The second-order valence-corrected chi connectivity index (χ2v) is 20.5. The van der Waals surface area contributed by atoms with Crippen molar-refractivity contribution in [1.29, 1.82) is 47.4 Å². The van der Waals surface area contributed by atoms with Crippen LogP contribution < -0.4 is 0 Å². The number of alkyl halides is 4. The van der Waals surface area contributed by atoms with Crippen LogP contribution in [-0.2, 0) is 4.74 Å². The Hall–Kier alpha value is -7.59. The normalized spacial score (nSPS) is 21.0. The lowest BCUT2D eigenvalue weighted by Gasteiger charge is -2.38. The lowest BCUT2D eigenvalue weighted by atomic mass is 10.1. The average Bonchev–Trinajstić information content (AvgIpc) is 3.46. The van der Waals surface area contributed by atoms with Crippen LogP contribution in [0, 0.1) is 170 Å². The minimum atomic E-state index is -4.24. The third-order valence-corrected chi connectivity index (χ3v) is 13.6. The first-order chi connectivity index (χ1) is 41.5. The van der Waals surface area contributed by atoms with Crippen LogP contribution >= 0.6 is 0 Å². The summed E-state index contributed by atoms with van der Waals surface area (Å²) in [5.41, 5.74) is 0. The molecule has 26 heteroatoms. The van der Waals surface area contributed by atoms with Crippen molar-refractivity contribution in [2.75, 3.05) is 191 Å². The van der Waals surface area contributed by atoms with Gasteiger partial charge in [-0.3, -0.25) is 58.8 Å². The SMILES string of the molecule is C#CC(C#N)N1CCCN(C(C#N)C#N)C1.C#CCCN1CCCN(CCC#N)C1.C#CCN1CC(C(F)(F)F)CN(CC#N)C1.C#CCN1CC(F)CN(CC#N)C1.C#CCN1CCCN(CC#N)C1.CCOC1CN(CC#N)CN(CC#N)C1. The van der Waals surface area contributed by atoms with Crippen molar-refractivity contribution >= 4 is 0 Å². The first-order valence-corrected chi connectivity index (χ1v) is 28.2. The van der Waals surface area contributed by atoms with Crippen molar-refractivity contribution in [1.82, 2.24) is 58.8 Å². The molecule has 0 N–H and O–H groups in total. The van der Waals surface area contributed by atoms with Gasteiger partial charge in [0, 0.05) is 111 Å². The molecule has 0 aliphatic carbocycles. The highest BCUT2D eigenvalue weighted by Crippen LogP contribution is 2.30. The number of hydrogen-bond donors (Lipinski definition) is 0. The standard InChI is InChI=1S/C11H11N5.C11H17N3.C10H12F3N3.C10H16N4O.C9H12FN3.C9H13N3/c1-2-10(6-12)15-4-3-5-16(9-15)11(7-13)8-14;1-2-3-7-13-9-5-10-14(11-13)8-4-6-12;1-2-4-15-6-9(10(11,12)13)7-16(8-15)5-3-14;1-2-15-10-7-13(5-3-11)9-14(8-10)6-4-12;1-2-4-12-6-9(10)7-13(8-12)5-3-11;1-2-5-11-6-3-7-12(9-11)8-4-10/h1,10-11H,3-5,9H2;1H,3-5,7-11H2;1,9H,4-8H2;10H,2,5-9H2,1H3;1,9H,4-8H2;1H,3,5-9H2. The first-order valence-electron chi connectivity index (χ1n) is 28.2. The van der Waals surface area contributed by atoms with Crippen LogP contribution in [0.1, 0.15) is 39.0 Å². The maximum absolute atomic E-state index is 13.1. The summed E-state index contributed by atoms with van der Waals surface area (Å²) in [6.45, 7) is 19.0. The quantitative estimate of drug-likeness (QED) is 0.121. The van der Waals surface area contributed by atoms with E-state index in [1.165, 1.54) is 16.2 Å². The van der Waals surface area contributed by atoms with E-state index in [0.29, 0.717) is 92.1 Å². The van der Waals surface area contributed by atoms with Crippen LogP contribution in [0.4, 0.5) is 17.6 Å². The Bertz CT molecular complexity index is 2400. The molecule has 6 heterocycles. The molecular weight excluding hydrogens is 1110 g/mol. The minimum absolute atomic E-state index is 0.00630. The summed E-state index contributed by atoms with van der Waals surface area (Å²) >= 11 is 0. The van der Waals surface area contributed by atoms with Crippen LogP contribution in [0.25, 0.3) is 0 Å². The highest BCUT2D eigenvalue weighted by atomic mass is 19.4. The largest absolute Gasteiger partial charge is 0.394 e. The highest BCUT2D eigenvalue weighted by molar-refractivity contribution is 5.14. The van der Waals surface area contributed by atoms with E-state index >= 15 is 0 Å². The van der Waals surface area contributed by atoms with Gasteiger partial charge in [-0.05, 0) is 26.2 Å². The topological polar surface area (TPSA) is 262 Å². The summed E-state index contributed by atoms with van der Waals surface area (Å²) in [6.07, 6.45) is 25.4. The van der Waals surface area contributed by atoms with Gasteiger partial charge in [0.25, 0.3) is 0 Å². The van der Waals surface area contributed by atoms with Gasteiger partial charge in [0.2, 0.25) is 0 Å². The lowest BCUT2D eigenvalue weighted by Crippen LogP contribution is -2.53. The Morgan fingerprint density at radius 1 is 0.430 bits per heavy atom. The van der Waals surface area contributed by atoms with Crippen LogP contribution in [0.3, 0.4) is 0 Å². The van der Waals surface area contributed by atoms with E-state index in [9.17, 15) is 17.6 Å². The highest BCUT2D eigenvalue weighted by Gasteiger charge is 2.44. The van der Waals surface area contributed by atoms with Crippen molar-refractivity contribution in [2.24, 2.45) is 5.92 Å². The molecule has 86 heavy (non-hydrogen) atoms. The fraction of sp³-hybridized carbons (Fsp3) is 0.683. The van der Waals surface area contributed by atoms with Gasteiger partial charge < -0.3 is 4.74 Å². The number of nitrogens with zero attached hydrogens (tertiary/aromatic N) is 21. The Balaban J connectivity index is 0.000000517. The van der Waals surface area contributed by atoms with Crippen LogP contribution in [0.5, 0.6) is 0 Å². The zero-order valence-corrected chi connectivity index (χ0v) is 49.6. The Kier molecular flexibility index (Phi) is 41.5. The summed E-state index contributed by atoms with van der Waals surface area (Å²) in [7, 11) is 0. The second kappa shape index (κ2) is 46.7. The predicted octanol–water partition coefficient (Wildman–Crippen LogP) is 1.86. The monoisotopic (exact) mass is 1190 g/mol. The molecule has 6 aliphatic heterocycles. The van der Waals surface area contributed by atoms with Crippen molar-refractivity contribution < 1.29 is 22.3 Å². The molecule has 6 rings (SSSR count). The molecule has 0 spiro atoms. The zero-order chi connectivity index (χ0) is 64.0. The summed E-state index contributed by atoms with van der Waals surface area (Å²) in [6, 6.07) is 16.9. The molecule has 6 aliphatic rings. The second-order valence-electron chi connectivity index (χ2n) is 20.5. The zero-order valence-electron chi connectivity index (χ0n) is 49.6. The third-order valence-electron chi connectivity index (χ3n) is 13.6. The number of hydrogen-bond acceptors (Lipinski definition) is 22. The van der Waals surface area contributed by atoms with E-state index in [0.717, 1.165) is 91.5 Å². The fourth-order valence-electron chi connectivity index (χ4n) is 9.88. The average molecular weight is 1190 g/mol. The van der Waals surface area contributed by atoms with Crippen molar-refractivity contribution in [2.45, 2.75) is 69.6 Å². The molecule has 0 saturated carbocycles. The van der Waals surface area contributed by atoms with Crippen LogP contribution in [-0.4, -0.2) is 280 Å². The van der Waals surface area contributed by atoms with Gasteiger partial charge in [-0.1, -0.05) is 23.7 Å². The third kappa shape index (κ3) is 32.6. The number of rotatable bonds is 16. The smallest absolute Gasteiger partial charge is 0.376 e. The van der Waals surface area contributed by atoms with E-state index in [1.807, 2.05) is 52.0 Å². The Labute approximate surface area is 509 Å². The Morgan fingerprint density at radius 2 is 0.791 bits per heavy atom. The number of nitriles is 9. The number of terminal acetylenes is 5. The van der Waals surface area contributed by atoms with E-state index in [2.05, 4.69) is 73.5 Å². The molecule has 0 radical (unpaired) electrons. The molecule has 6 fully saturated rings. The van der Waals surface area contributed by atoms with E-state index < -0.39 is 30.3 Å². The van der Waals surface area contributed by atoms with Gasteiger partial charge in [0.05, 0.1) is 159 Å². The molecule has 460 valence electrons. The molecule has 0 aromatic heterocycles. The van der Waals surface area contributed by atoms with Crippen LogP contribution in [0.15, 0.2) is 0 Å². The molecule has 6 saturated heterocycles. The van der Waals surface area contributed by atoms with Crippen molar-refractivity contribution in [3.8, 4) is 116 Å². The first kappa shape index (κ1) is 76.4. The molecular formula is C60H81F4N21O. The molecule has 0 bridgehead atoms. The Morgan fingerprint density at radius 3 is 1.21 bits per heavy atom. The van der Waals surface area contributed by atoms with E-state index in [1.54, 1.807) is 14.7 Å². The lowest BCUT2D eigenvalue weighted by molar-refractivity contribution is -0.194. The minimum Gasteiger partial charge on any atom is -0.376 e. The maximum Gasteiger partial charge on any atom is 0.394 e. The van der Waals surface area contributed by atoms with Gasteiger partial charge in [-0.15, -0.1) is 38.0 Å². The van der Waals surface area contributed by atoms with Gasteiger partial charge in [0.15, 0.2) is 12.1 Å². The summed E-state index contributed by atoms with van der Waals surface area (Å²) in [5.74, 6) is 11.0. The van der Waals surface area contributed by atoms with Crippen molar-refractivity contribution in [3.63, 3.8) is 0 Å². The predicted molar refractivity (Wildman–Crippen MR) is 314 cm³/mol. The van der Waals surface area contributed by atoms with Gasteiger partial charge >= 0.3 is 6.18 Å². The van der Waals surface area contributed by atoms with E-state index in [4.69, 9.17) is 84.2 Å². The molecule has 3 atom stereocenters. The van der Waals surface area contributed by atoms with E-state index in [-0.39, 0.29) is 38.8 Å². The molecule has 0 amide bonds. The van der Waals surface area contributed by atoms with Crippen LogP contribution in [0.2, 0.25) is 0 Å². The maximum atomic E-state index is 13.1. The molecule has 22 nitrogen and oxygen atoms in total. The summed E-state index contributed by atoms with van der Waals surface area (Å²) in [4.78, 5) is 23.1. The molecule has 0 aromatic carbocycles. The summed E-state index contributed by atoms with van der Waals surface area (Å²) in [5, 5.41) is 77.6. The number of ether oxygens (including phenoxy) is 1. The summed E-state index contributed by atoms with van der Waals surface area (Å²) < 4.78 is 56.3. The van der Waals surface area contributed by atoms with Gasteiger partial charge in [0.1, 0.15) is 6.17 Å². The molecule has 0 aromatic rings. The number of halogens is 4. The molecule has 3 unspecified atom stereocenters. The fourth-order valence-corrected chi connectivity index (χ4v) is 9.88. The van der Waals surface area contributed by atoms with Gasteiger partial charge in [-0.25, -0.2) is 4.39 Å². The van der Waals surface area contributed by atoms with Crippen molar-refractivity contribution in [3.05, 3.63) is 0 Å².